The number of rotatable bonds is 5. The number of anilines is 1. The van der Waals surface area contributed by atoms with Crippen molar-refractivity contribution in [3.63, 3.8) is 0 Å². The van der Waals surface area contributed by atoms with Crippen LogP contribution < -0.4 is 5.32 Å². The highest BCUT2D eigenvalue weighted by Crippen LogP contribution is 2.36. The summed E-state index contributed by atoms with van der Waals surface area (Å²) in [5.41, 5.74) is 0.743. The molecule has 4 heterocycles. The van der Waals surface area contributed by atoms with Gasteiger partial charge in [0.2, 0.25) is 5.91 Å². The number of pyridine rings is 1. The fourth-order valence-electron chi connectivity index (χ4n) is 3.97. The van der Waals surface area contributed by atoms with Gasteiger partial charge in [-0.2, -0.15) is 0 Å². The van der Waals surface area contributed by atoms with Crippen LogP contribution in [0.3, 0.4) is 0 Å². The van der Waals surface area contributed by atoms with Gasteiger partial charge in [-0.15, -0.1) is 11.3 Å². The van der Waals surface area contributed by atoms with Gasteiger partial charge in [-0.3, -0.25) is 14.7 Å². The highest BCUT2D eigenvalue weighted by molar-refractivity contribution is 7.09. The monoisotopic (exact) mass is 357 g/mol. The van der Waals surface area contributed by atoms with E-state index in [1.807, 2.05) is 23.5 Å². The number of ether oxygens (including phenoxy) is 1. The Morgan fingerprint density at radius 1 is 1.40 bits per heavy atom. The minimum Gasteiger partial charge on any atom is -0.377 e. The third-order valence-corrected chi connectivity index (χ3v) is 6.03. The summed E-state index contributed by atoms with van der Waals surface area (Å²) in [5.74, 6) is 1.06. The van der Waals surface area contributed by atoms with Gasteiger partial charge < -0.3 is 10.1 Å². The molecule has 2 aliphatic heterocycles. The minimum atomic E-state index is 0.0136. The third kappa shape index (κ3) is 4.08. The van der Waals surface area contributed by atoms with Crippen LogP contribution in [0, 0.1) is 11.8 Å². The van der Waals surface area contributed by atoms with Gasteiger partial charge in [0.15, 0.2) is 0 Å². The van der Waals surface area contributed by atoms with Gasteiger partial charge in [0.25, 0.3) is 0 Å². The molecule has 2 aromatic heterocycles. The van der Waals surface area contributed by atoms with Crippen LogP contribution in [0.1, 0.15) is 17.7 Å². The lowest BCUT2D eigenvalue weighted by atomic mass is 9.83. The summed E-state index contributed by atoms with van der Waals surface area (Å²) in [6.45, 7) is 3.97. The van der Waals surface area contributed by atoms with Crippen LogP contribution in [0.15, 0.2) is 42.0 Å². The molecule has 0 unspecified atom stereocenters. The molecule has 5 nitrogen and oxygen atoms in total. The summed E-state index contributed by atoms with van der Waals surface area (Å²) in [6.07, 6.45) is 4.95. The number of fused-ring (bicyclic) bond motifs is 1. The maximum atomic E-state index is 12.3. The maximum Gasteiger partial charge on any atom is 0.227 e. The number of amides is 1. The van der Waals surface area contributed by atoms with E-state index in [0.717, 1.165) is 38.3 Å². The van der Waals surface area contributed by atoms with Crippen molar-refractivity contribution in [1.29, 1.82) is 0 Å². The molecule has 2 aliphatic rings. The van der Waals surface area contributed by atoms with E-state index in [1.165, 1.54) is 4.88 Å². The number of nitrogens with zero attached hydrogens (tertiary/aromatic N) is 2. The largest absolute Gasteiger partial charge is 0.377 e. The van der Waals surface area contributed by atoms with Gasteiger partial charge in [0, 0.05) is 30.1 Å². The Morgan fingerprint density at radius 2 is 2.36 bits per heavy atom. The first kappa shape index (κ1) is 16.7. The molecule has 0 spiro atoms. The summed E-state index contributed by atoms with van der Waals surface area (Å²) in [5, 5.41) is 5.05. The Bertz CT molecular complexity index is 692. The Labute approximate surface area is 152 Å². The number of likely N-dealkylation sites (tertiary alicyclic amines) is 1. The molecule has 3 atom stereocenters. The Hall–Kier alpha value is -1.76. The first-order valence-corrected chi connectivity index (χ1v) is 9.72. The number of thiophene rings is 1. The smallest absolute Gasteiger partial charge is 0.227 e. The number of carbonyl (C=O) groups excluding carboxylic acids is 1. The molecule has 2 fully saturated rings. The molecule has 0 saturated carbocycles. The summed E-state index contributed by atoms with van der Waals surface area (Å²) in [6, 6.07) is 7.99. The van der Waals surface area contributed by atoms with Crippen LogP contribution in [-0.2, 0) is 16.1 Å². The predicted molar refractivity (Wildman–Crippen MR) is 98.4 cm³/mol. The fraction of sp³-hybridized carbons (Fsp3) is 0.474. The summed E-state index contributed by atoms with van der Waals surface area (Å²) in [4.78, 5) is 20.3. The number of piperidine rings is 1. The minimum absolute atomic E-state index is 0.0136. The van der Waals surface area contributed by atoms with Gasteiger partial charge in [-0.1, -0.05) is 6.07 Å². The van der Waals surface area contributed by atoms with Crippen LogP contribution in [0.5, 0.6) is 0 Å². The summed E-state index contributed by atoms with van der Waals surface area (Å²) >= 11 is 1.82. The topological polar surface area (TPSA) is 54.5 Å². The van der Waals surface area contributed by atoms with Crippen molar-refractivity contribution in [2.75, 3.05) is 25.0 Å². The van der Waals surface area contributed by atoms with E-state index in [9.17, 15) is 4.79 Å². The number of hydrogen-bond donors (Lipinski definition) is 1. The van der Waals surface area contributed by atoms with Gasteiger partial charge in [-0.25, -0.2) is 0 Å². The van der Waals surface area contributed by atoms with Crippen LogP contribution >= 0.6 is 11.3 Å². The van der Waals surface area contributed by atoms with Crippen molar-refractivity contribution < 1.29 is 9.53 Å². The second-order valence-electron chi connectivity index (χ2n) is 6.89. The molecular weight excluding hydrogens is 334 g/mol. The molecule has 0 bridgehead atoms. The zero-order valence-corrected chi connectivity index (χ0v) is 15.0. The zero-order chi connectivity index (χ0) is 17.1. The normalized spacial score (nSPS) is 26.3. The van der Waals surface area contributed by atoms with E-state index < -0.39 is 0 Å². The SMILES string of the molecule is O=C(C[C@@H]1OC[C@@H]2CN(Cc3cccs3)CC[C@@H]21)Nc1cccnc1. The Kier molecular flexibility index (Phi) is 5.10. The number of hydrogen-bond acceptors (Lipinski definition) is 5. The van der Waals surface area contributed by atoms with Crippen molar-refractivity contribution in [1.82, 2.24) is 9.88 Å². The molecule has 2 saturated heterocycles. The van der Waals surface area contributed by atoms with Crippen molar-refractivity contribution >= 4 is 22.9 Å². The van der Waals surface area contributed by atoms with Crippen LogP contribution in [0.4, 0.5) is 5.69 Å². The van der Waals surface area contributed by atoms with Crippen molar-refractivity contribution in [3.05, 3.63) is 46.9 Å². The van der Waals surface area contributed by atoms with E-state index in [2.05, 4.69) is 32.7 Å². The molecule has 25 heavy (non-hydrogen) atoms. The van der Waals surface area contributed by atoms with E-state index in [-0.39, 0.29) is 12.0 Å². The second-order valence-corrected chi connectivity index (χ2v) is 7.93. The number of nitrogens with one attached hydrogen (secondary N) is 1. The highest BCUT2D eigenvalue weighted by atomic mass is 32.1. The Balaban J connectivity index is 1.29. The molecule has 1 amide bonds. The highest BCUT2D eigenvalue weighted by Gasteiger charge is 2.41. The van der Waals surface area contributed by atoms with Crippen LogP contribution in [0.2, 0.25) is 0 Å². The third-order valence-electron chi connectivity index (χ3n) is 5.17. The van der Waals surface area contributed by atoms with Crippen LogP contribution in [-0.4, -0.2) is 41.6 Å². The van der Waals surface area contributed by atoms with Gasteiger partial charge in [0.1, 0.15) is 0 Å². The predicted octanol–water partition coefficient (Wildman–Crippen LogP) is 3.01. The molecule has 1 N–H and O–H groups in total. The molecule has 0 radical (unpaired) electrons. The standard InChI is InChI=1S/C19H23N3O2S/c23-19(21-15-3-1-6-20-10-15)9-18-17-5-7-22(11-14(17)13-24-18)12-16-4-2-8-25-16/h1-4,6,8,10,14,17-18H,5,7,9,11-13H2,(H,21,23)/t14-,17-,18-/m0/s1. The molecule has 0 aliphatic carbocycles. The van der Waals surface area contributed by atoms with Crippen molar-refractivity contribution in [2.45, 2.75) is 25.5 Å². The number of aromatic nitrogens is 1. The average molecular weight is 357 g/mol. The zero-order valence-electron chi connectivity index (χ0n) is 14.1. The first-order chi connectivity index (χ1) is 12.3. The number of carbonyl (C=O) groups is 1. The maximum absolute atomic E-state index is 12.3. The second kappa shape index (κ2) is 7.64. The molecule has 0 aromatic carbocycles. The van der Waals surface area contributed by atoms with E-state index in [1.54, 1.807) is 12.4 Å². The molecule has 6 heteroatoms. The Morgan fingerprint density at radius 3 is 3.16 bits per heavy atom. The molecular formula is C19H23N3O2S. The quantitative estimate of drug-likeness (QED) is 0.894. The summed E-state index contributed by atoms with van der Waals surface area (Å²) in [7, 11) is 0. The first-order valence-electron chi connectivity index (χ1n) is 8.84. The molecule has 132 valence electrons. The van der Waals surface area contributed by atoms with Gasteiger partial charge in [0.05, 0.1) is 31.0 Å². The summed E-state index contributed by atoms with van der Waals surface area (Å²) < 4.78 is 5.99. The van der Waals surface area contributed by atoms with Crippen molar-refractivity contribution in [2.24, 2.45) is 11.8 Å². The molecule has 4 rings (SSSR count). The average Bonchev–Trinajstić information content (AvgIpc) is 3.26. The lowest BCUT2D eigenvalue weighted by Gasteiger charge is -2.35. The van der Waals surface area contributed by atoms with Crippen LogP contribution in [0.25, 0.3) is 0 Å². The van der Waals surface area contributed by atoms with E-state index in [0.29, 0.717) is 18.3 Å². The lowest BCUT2D eigenvalue weighted by Crippen LogP contribution is -2.41. The lowest BCUT2D eigenvalue weighted by molar-refractivity contribution is -0.118. The van der Waals surface area contributed by atoms with Gasteiger partial charge in [-0.05, 0) is 42.5 Å². The van der Waals surface area contributed by atoms with Crippen molar-refractivity contribution in [3.8, 4) is 0 Å². The molecule has 2 aromatic rings. The van der Waals surface area contributed by atoms with E-state index in [4.69, 9.17) is 4.74 Å². The van der Waals surface area contributed by atoms with Gasteiger partial charge >= 0.3 is 0 Å². The van der Waals surface area contributed by atoms with E-state index >= 15 is 0 Å². The fourth-order valence-corrected chi connectivity index (χ4v) is 4.72.